The fourth-order valence-electron chi connectivity index (χ4n) is 1.22. The first-order valence-electron chi connectivity index (χ1n) is 3.71. The molecule has 0 saturated heterocycles. The summed E-state index contributed by atoms with van der Waals surface area (Å²) in [7, 11) is 0. The van der Waals surface area contributed by atoms with Crippen LogP contribution in [-0.2, 0) is 0 Å². The zero-order valence-corrected chi connectivity index (χ0v) is 6.11. The van der Waals surface area contributed by atoms with Crippen LogP contribution in [0.15, 0.2) is 23.8 Å². The normalized spacial score (nSPS) is 17.7. The third-order valence-electron chi connectivity index (χ3n) is 1.92. The number of allylic oxidation sites excluding steroid dienone is 3. The van der Waals surface area contributed by atoms with Gasteiger partial charge in [0.2, 0.25) is 0 Å². The van der Waals surface area contributed by atoms with Crippen molar-refractivity contribution in [1.29, 1.82) is 0 Å². The van der Waals surface area contributed by atoms with Gasteiger partial charge < -0.3 is 0 Å². The molecule has 0 aromatic heterocycles. The van der Waals surface area contributed by atoms with Gasteiger partial charge in [-0.15, -0.1) is 0 Å². The van der Waals surface area contributed by atoms with E-state index in [0.29, 0.717) is 0 Å². The van der Waals surface area contributed by atoms with Gasteiger partial charge in [0, 0.05) is 0 Å². The van der Waals surface area contributed by atoms with E-state index in [4.69, 9.17) is 0 Å². The molecule has 0 amide bonds. The van der Waals surface area contributed by atoms with Crippen molar-refractivity contribution in [2.45, 2.75) is 32.6 Å². The summed E-state index contributed by atoms with van der Waals surface area (Å²) in [6, 6.07) is 0. The Morgan fingerprint density at radius 1 is 1.78 bits per heavy atom. The van der Waals surface area contributed by atoms with Crippen molar-refractivity contribution in [2.24, 2.45) is 0 Å². The maximum Gasteiger partial charge on any atom is -0.0277 e. The molecule has 0 aliphatic heterocycles. The minimum atomic E-state index is 1.12. The Morgan fingerprint density at radius 3 is 3.00 bits per heavy atom. The Morgan fingerprint density at radius 2 is 2.56 bits per heavy atom. The van der Waals surface area contributed by atoms with Gasteiger partial charge in [0.15, 0.2) is 0 Å². The lowest BCUT2D eigenvalue weighted by atomic mass is 10.1. The predicted molar refractivity (Wildman–Crippen MR) is 41.4 cm³/mol. The fourth-order valence-corrected chi connectivity index (χ4v) is 1.22. The molecule has 0 N–H and O–H groups in total. The molecule has 0 radical (unpaired) electrons. The van der Waals surface area contributed by atoms with E-state index >= 15 is 0 Å². The lowest BCUT2D eigenvalue weighted by Gasteiger charge is -2.00. The van der Waals surface area contributed by atoms with Crippen LogP contribution in [0.25, 0.3) is 0 Å². The molecule has 0 nitrogen and oxygen atoms in total. The summed E-state index contributed by atoms with van der Waals surface area (Å²) >= 11 is 0. The molecule has 0 heteroatoms. The highest BCUT2D eigenvalue weighted by Gasteiger charge is 2.04. The third-order valence-corrected chi connectivity index (χ3v) is 1.92. The molecule has 1 aliphatic rings. The van der Waals surface area contributed by atoms with Crippen LogP contribution in [0, 0.1) is 0 Å². The van der Waals surface area contributed by atoms with Crippen molar-refractivity contribution in [1.82, 2.24) is 0 Å². The van der Waals surface area contributed by atoms with Crippen LogP contribution >= 0.6 is 0 Å². The van der Waals surface area contributed by atoms with Crippen LogP contribution < -0.4 is 0 Å². The summed E-state index contributed by atoms with van der Waals surface area (Å²) in [5.41, 5.74) is 2.85. The zero-order valence-electron chi connectivity index (χ0n) is 6.11. The van der Waals surface area contributed by atoms with Crippen molar-refractivity contribution >= 4 is 0 Å². The van der Waals surface area contributed by atoms with E-state index in [0.717, 1.165) is 6.42 Å². The van der Waals surface area contributed by atoms with Gasteiger partial charge in [-0.05, 0) is 31.3 Å². The Kier molecular flexibility index (Phi) is 2.10. The molecule has 50 valence electrons. The molecule has 0 fully saturated rings. The molecule has 0 heterocycles. The molecule has 0 saturated carbocycles. The highest BCUT2D eigenvalue weighted by molar-refractivity contribution is 5.29. The van der Waals surface area contributed by atoms with Gasteiger partial charge in [-0.1, -0.05) is 25.2 Å². The monoisotopic (exact) mass is 122 g/mol. The molecule has 0 bridgehead atoms. The van der Waals surface area contributed by atoms with Gasteiger partial charge in [0.25, 0.3) is 0 Å². The lowest BCUT2D eigenvalue weighted by molar-refractivity contribution is 0.901. The Hall–Kier alpha value is -0.520. The summed E-state index contributed by atoms with van der Waals surface area (Å²) < 4.78 is 0. The Balaban J connectivity index is 2.51. The van der Waals surface area contributed by atoms with Crippen LogP contribution in [-0.4, -0.2) is 0 Å². The van der Waals surface area contributed by atoms with Crippen LogP contribution in [0.1, 0.15) is 32.6 Å². The van der Waals surface area contributed by atoms with E-state index in [1.54, 1.807) is 0 Å². The summed E-state index contributed by atoms with van der Waals surface area (Å²) in [5, 5.41) is 0. The lowest BCUT2D eigenvalue weighted by Crippen LogP contribution is -1.80. The van der Waals surface area contributed by atoms with E-state index in [1.165, 1.54) is 30.4 Å². The first-order valence-corrected chi connectivity index (χ1v) is 3.71. The van der Waals surface area contributed by atoms with E-state index in [1.807, 2.05) is 0 Å². The molecule has 0 aromatic rings. The molecule has 1 aliphatic carbocycles. The SMILES string of the molecule is C=C(CC)C1=CCCC1. The number of hydrogen-bond donors (Lipinski definition) is 0. The maximum atomic E-state index is 3.99. The zero-order chi connectivity index (χ0) is 6.69. The van der Waals surface area contributed by atoms with Gasteiger partial charge in [0.05, 0.1) is 0 Å². The van der Waals surface area contributed by atoms with Crippen molar-refractivity contribution in [3.05, 3.63) is 23.8 Å². The number of rotatable bonds is 2. The summed E-state index contributed by atoms with van der Waals surface area (Å²) in [5.74, 6) is 0. The first kappa shape index (κ1) is 6.60. The quantitative estimate of drug-likeness (QED) is 0.528. The van der Waals surface area contributed by atoms with Crippen LogP contribution in [0.2, 0.25) is 0 Å². The number of hydrogen-bond acceptors (Lipinski definition) is 0. The van der Waals surface area contributed by atoms with E-state index in [2.05, 4.69) is 19.6 Å². The summed E-state index contributed by atoms with van der Waals surface area (Å²) in [4.78, 5) is 0. The predicted octanol–water partition coefficient (Wildman–Crippen LogP) is 3.06. The van der Waals surface area contributed by atoms with Crippen molar-refractivity contribution in [3.8, 4) is 0 Å². The second-order valence-corrected chi connectivity index (χ2v) is 2.58. The van der Waals surface area contributed by atoms with Crippen molar-refractivity contribution in [2.75, 3.05) is 0 Å². The molecular weight excluding hydrogens is 108 g/mol. The topological polar surface area (TPSA) is 0 Å². The highest BCUT2D eigenvalue weighted by atomic mass is 14.1. The second kappa shape index (κ2) is 2.86. The molecule has 0 spiro atoms. The van der Waals surface area contributed by atoms with Gasteiger partial charge in [-0.25, -0.2) is 0 Å². The average molecular weight is 122 g/mol. The van der Waals surface area contributed by atoms with Crippen molar-refractivity contribution < 1.29 is 0 Å². The largest absolute Gasteiger partial charge is 0.0956 e. The van der Waals surface area contributed by atoms with E-state index in [9.17, 15) is 0 Å². The van der Waals surface area contributed by atoms with E-state index in [-0.39, 0.29) is 0 Å². The second-order valence-electron chi connectivity index (χ2n) is 2.58. The molecule has 0 atom stereocenters. The average Bonchev–Trinajstić information content (AvgIpc) is 2.37. The third kappa shape index (κ3) is 1.44. The Labute approximate surface area is 57.3 Å². The van der Waals surface area contributed by atoms with Crippen LogP contribution in [0.3, 0.4) is 0 Å². The molecular formula is C9H14. The maximum absolute atomic E-state index is 3.99. The van der Waals surface area contributed by atoms with Gasteiger partial charge in [-0.2, -0.15) is 0 Å². The minimum absolute atomic E-state index is 1.12. The smallest absolute Gasteiger partial charge is 0.0277 e. The molecule has 0 unspecified atom stereocenters. The first-order chi connectivity index (χ1) is 4.34. The van der Waals surface area contributed by atoms with Gasteiger partial charge >= 0.3 is 0 Å². The Bertz CT molecular complexity index is 140. The fraction of sp³-hybridized carbons (Fsp3) is 0.556. The molecule has 9 heavy (non-hydrogen) atoms. The summed E-state index contributed by atoms with van der Waals surface area (Å²) in [6.07, 6.45) is 7.33. The molecule has 1 rings (SSSR count). The van der Waals surface area contributed by atoms with Crippen LogP contribution in [0.5, 0.6) is 0 Å². The molecule has 0 aromatic carbocycles. The van der Waals surface area contributed by atoms with Crippen molar-refractivity contribution in [3.63, 3.8) is 0 Å². The highest BCUT2D eigenvalue weighted by Crippen LogP contribution is 2.24. The van der Waals surface area contributed by atoms with Gasteiger partial charge in [-0.3, -0.25) is 0 Å². The van der Waals surface area contributed by atoms with E-state index < -0.39 is 0 Å². The van der Waals surface area contributed by atoms with Gasteiger partial charge in [0.1, 0.15) is 0 Å². The standard InChI is InChI=1S/C9H14/c1-3-8(2)9-6-4-5-7-9/h6H,2-5,7H2,1H3. The van der Waals surface area contributed by atoms with Crippen LogP contribution in [0.4, 0.5) is 0 Å². The minimum Gasteiger partial charge on any atom is -0.0956 e. The summed E-state index contributed by atoms with van der Waals surface area (Å²) in [6.45, 7) is 6.16.